The van der Waals surface area contributed by atoms with Crippen LogP contribution >= 0.6 is 15.9 Å². The van der Waals surface area contributed by atoms with Gasteiger partial charge in [-0.2, -0.15) is 9.50 Å². The van der Waals surface area contributed by atoms with Gasteiger partial charge in [-0.15, -0.1) is 5.10 Å². The van der Waals surface area contributed by atoms with Crippen molar-refractivity contribution < 1.29 is 8.81 Å². The Bertz CT molecular complexity index is 1470. The van der Waals surface area contributed by atoms with Crippen molar-refractivity contribution in [1.82, 2.24) is 29.0 Å². The van der Waals surface area contributed by atoms with Gasteiger partial charge >= 0.3 is 0 Å². The quantitative estimate of drug-likeness (QED) is 0.375. The van der Waals surface area contributed by atoms with Gasteiger partial charge in [-0.05, 0) is 52.3 Å². The van der Waals surface area contributed by atoms with Crippen molar-refractivity contribution in [2.45, 2.75) is 6.54 Å². The van der Waals surface area contributed by atoms with Crippen LogP contribution in [0.3, 0.4) is 0 Å². The van der Waals surface area contributed by atoms with Crippen molar-refractivity contribution in [2.75, 3.05) is 43.4 Å². The number of fused-ring (bicyclic) bond motifs is 3. The molecule has 1 saturated heterocycles. The Balaban J connectivity index is 1.17. The lowest BCUT2D eigenvalue weighted by Gasteiger charge is -2.36. The molecule has 34 heavy (non-hydrogen) atoms. The number of nitrogens with two attached hydrogens (primary N) is 1. The van der Waals surface area contributed by atoms with Crippen molar-refractivity contribution in [1.29, 1.82) is 0 Å². The van der Waals surface area contributed by atoms with E-state index in [1.165, 1.54) is 12.1 Å². The molecule has 1 fully saturated rings. The lowest BCUT2D eigenvalue weighted by Crippen LogP contribution is -2.47. The average Bonchev–Trinajstić information content (AvgIpc) is 3.58. The lowest BCUT2D eigenvalue weighted by atomic mass is 10.2. The van der Waals surface area contributed by atoms with Crippen LogP contribution in [0.5, 0.6) is 0 Å². The third kappa shape index (κ3) is 3.70. The van der Waals surface area contributed by atoms with Gasteiger partial charge in [0.05, 0.1) is 17.3 Å². The summed E-state index contributed by atoms with van der Waals surface area (Å²) in [6, 6.07) is 10.5. The molecule has 0 bridgehead atoms. The van der Waals surface area contributed by atoms with E-state index in [2.05, 4.69) is 45.4 Å². The van der Waals surface area contributed by atoms with E-state index in [9.17, 15) is 4.39 Å². The summed E-state index contributed by atoms with van der Waals surface area (Å²) in [5, 5.41) is 5.35. The fourth-order valence-electron chi connectivity index (χ4n) is 4.46. The zero-order valence-corrected chi connectivity index (χ0v) is 19.8. The highest BCUT2D eigenvalue weighted by Gasteiger charge is 2.20. The van der Waals surface area contributed by atoms with Crippen molar-refractivity contribution >= 4 is 44.2 Å². The number of rotatable bonds is 5. The fourth-order valence-corrected chi connectivity index (χ4v) is 5.06. The zero-order chi connectivity index (χ0) is 23.2. The maximum atomic E-state index is 13.4. The Morgan fingerprint density at radius 3 is 2.65 bits per heavy atom. The average molecular weight is 525 g/mol. The normalized spacial score (nSPS) is 15.1. The van der Waals surface area contributed by atoms with E-state index in [-0.39, 0.29) is 11.8 Å². The largest absolute Gasteiger partial charge is 0.461 e. The van der Waals surface area contributed by atoms with Crippen LogP contribution in [0.25, 0.3) is 28.3 Å². The molecule has 11 heteroatoms. The zero-order valence-electron chi connectivity index (χ0n) is 18.2. The van der Waals surface area contributed by atoms with E-state index >= 15 is 0 Å². The van der Waals surface area contributed by atoms with E-state index in [1.807, 2.05) is 24.4 Å². The summed E-state index contributed by atoms with van der Waals surface area (Å²) in [5.41, 5.74) is 8.69. The Labute approximate surface area is 202 Å². The summed E-state index contributed by atoms with van der Waals surface area (Å²) < 4.78 is 23.3. The Hall–Kier alpha value is -3.44. The first-order valence-corrected chi connectivity index (χ1v) is 11.8. The fraction of sp³-hybridized carbons (Fsp3) is 0.261. The molecule has 6 rings (SSSR count). The molecule has 0 amide bonds. The van der Waals surface area contributed by atoms with Gasteiger partial charge in [-0.1, -0.05) is 0 Å². The molecular weight excluding hydrogens is 503 g/mol. The van der Waals surface area contributed by atoms with Gasteiger partial charge in [-0.25, -0.2) is 9.37 Å². The molecule has 9 nitrogen and oxygen atoms in total. The summed E-state index contributed by atoms with van der Waals surface area (Å²) in [5.74, 6) is 1.11. The molecule has 2 N–H and O–H groups in total. The van der Waals surface area contributed by atoms with Gasteiger partial charge in [0.25, 0.3) is 0 Å². The van der Waals surface area contributed by atoms with Crippen molar-refractivity contribution in [3.8, 4) is 11.6 Å². The maximum Gasteiger partial charge on any atom is 0.225 e. The summed E-state index contributed by atoms with van der Waals surface area (Å²) in [6.07, 6.45) is 3.61. The number of piperazine rings is 1. The molecule has 0 atom stereocenters. The van der Waals surface area contributed by atoms with Crippen LogP contribution in [0.15, 0.2) is 57.7 Å². The standard InChI is InChI=1S/C23H22BrFN8O/c24-17-14-15(25)3-4-18(17)31-10-7-30(8-11-31)9-12-32-6-5-16-21(32)28-23(26)33-22(16)27-20(29-33)19-2-1-13-34-19/h1-6,13-14H,7-12H2,(H2,26,28). The predicted octanol–water partition coefficient (Wildman–Crippen LogP) is 3.65. The Kier molecular flexibility index (Phi) is 5.22. The molecule has 1 aromatic carbocycles. The number of furan rings is 1. The second-order valence-corrected chi connectivity index (χ2v) is 9.14. The Morgan fingerprint density at radius 2 is 1.88 bits per heavy atom. The second-order valence-electron chi connectivity index (χ2n) is 8.29. The van der Waals surface area contributed by atoms with Crippen LogP contribution in [-0.2, 0) is 6.54 Å². The topological polar surface area (TPSA) is 93.6 Å². The first-order chi connectivity index (χ1) is 16.6. The molecule has 5 aromatic rings. The molecular formula is C23H22BrFN8O. The van der Waals surface area contributed by atoms with Crippen LogP contribution in [0.4, 0.5) is 16.0 Å². The van der Waals surface area contributed by atoms with E-state index in [0.717, 1.165) is 60.5 Å². The smallest absolute Gasteiger partial charge is 0.225 e. The summed E-state index contributed by atoms with van der Waals surface area (Å²) in [4.78, 5) is 13.9. The number of benzene rings is 1. The summed E-state index contributed by atoms with van der Waals surface area (Å²) in [7, 11) is 0. The van der Waals surface area contributed by atoms with Gasteiger partial charge in [0, 0.05) is 49.9 Å². The van der Waals surface area contributed by atoms with Crippen LogP contribution in [0.2, 0.25) is 0 Å². The van der Waals surface area contributed by atoms with Crippen molar-refractivity contribution in [2.24, 2.45) is 0 Å². The number of aromatic nitrogens is 5. The molecule has 4 aromatic heterocycles. The van der Waals surface area contributed by atoms with Gasteiger partial charge in [0.2, 0.25) is 11.8 Å². The van der Waals surface area contributed by atoms with Gasteiger partial charge < -0.3 is 19.6 Å². The second kappa shape index (κ2) is 8.41. The maximum absolute atomic E-state index is 13.4. The van der Waals surface area contributed by atoms with Crippen LogP contribution in [-0.4, -0.2) is 61.8 Å². The molecule has 0 spiro atoms. The van der Waals surface area contributed by atoms with Gasteiger partial charge in [-0.3, -0.25) is 4.90 Å². The summed E-state index contributed by atoms with van der Waals surface area (Å²) in [6.45, 7) is 5.30. The minimum Gasteiger partial charge on any atom is -0.461 e. The number of hydrogen-bond donors (Lipinski definition) is 1. The molecule has 0 radical (unpaired) electrons. The van der Waals surface area contributed by atoms with Gasteiger partial charge in [0.1, 0.15) is 11.5 Å². The number of nitrogen functional groups attached to an aromatic ring is 1. The third-order valence-corrected chi connectivity index (χ3v) is 6.88. The molecule has 5 heterocycles. The van der Waals surface area contributed by atoms with Crippen LogP contribution < -0.4 is 10.6 Å². The molecule has 0 saturated carbocycles. The van der Waals surface area contributed by atoms with Crippen molar-refractivity contribution in [3.05, 3.63) is 59.1 Å². The van der Waals surface area contributed by atoms with E-state index in [1.54, 1.807) is 16.8 Å². The highest BCUT2D eigenvalue weighted by Crippen LogP contribution is 2.28. The molecule has 0 unspecified atom stereocenters. The van der Waals surface area contributed by atoms with Crippen LogP contribution in [0.1, 0.15) is 0 Å². The Morgan fingerprint density at radius 1 is 1.03 bits per heavy atom. The van der Waals surface area contributed by atoms with Crippen molar-refractivity contribution in [3.63, 3.8) is 0 Å². The monoisotopic (exact) mass is 524 g/mol. The highest BCUT2D eigenvalue weighted by molar-refractivity contribution is 9.10. The lowest BCUT2D eigenvalue weighted by molar-refractivity contribution is 0.249. The molecule has 0 aliphatic carbocycles. The molecule has 1 aliphatic heterocycles. The summed E-state index contributed by atoms with van der Waals surface area (Å²) >= 11 is 3.48. The minimum absolute atomic E-state index is 0.233. The predicted molar refractivity (Wildman–Crippen MR) is 131 cm³/mol. The van der Waals surface area contributed by atoms with E-state index in [0.29, 0.717) is 17.2 Å². The van der Waals surface area contributed by atoms with E-state index < -0.39 is 0 Å². The first-order valence-electron chi connectivity index (χ1n) is 11.0. The minimum atomic E-state index is -0.233. The molecule has 1 aliphatic rings. The highest BCUT2D eigenvalue weighted by atomic mass is 79.9. The third-order valence-electron chi connectivity index (χ3n) is 6.24. The molecule has 174 valence electrons. The SMILES string of the molecule is Nc1nc2c(ccn2CCN2CCN(c3ccc(F)cc3Br)CC2)c2nc(-c3ccco3)nn12. The van der Waals surface area contributed by atoms with Crippen LogP contribution in [0, 0.1) is 5.82 Å². The number of anilines is 2. The number of hydrogen-bond acceptors (Lipinski definition) is 7. The number of halogens is 2. The van der Waals surface area contributed by atoms with Gasteiger partial charge in [0.15, 0.2) is 11.4 Å². The van der Waals surface area contributed by atoms with E-state index in [4.69, 9.17) is 10.2 Å². The first kappa shape index (κ1) is 21.1. The number of nitrogens with zero attached hydrogens (tertiary/aromatic N) is 7.